The van der Waals surface area contributed by atoms with E-state index in [1.165, 1.54) is 98.7 Å². The standard InChI is InChI=1S/C65H43N/c1-3-20-50(21-4-1)65(51-22-5-2-6-23-51)61-30-14-13-29-59(61)64-62(65)31-16-32-63(64)66(53-24-15-19-47(42-53)48-34-33-44-17-7-8-18-46(44)41-48)52-38-35-45(36-39-52)49-37-40-58-56-27-10-9-25-54(56)55-26-11-12-28-57(55)60(58)43-49/h1-43H. The number of nitrogens with zero attached hydrogens (tertiary/aromatic N) is 1. The number of benzene rings is 12. The highest BCUT2D eigenvalue weighted by Gasteiger charge is 2.47. The molecule has 12 aromatic rings. The quantitative estimate of drug-likeness (QED) is 0.145. The number of anilines is 3. The molecule has 0 N–H and O–H groups in total. The van der Waals surface area contributed by atoms with Crippen LogP contribution in [0.4, 0.5) is 17.1 Å². The van der Waals surface area contributed by atoms with Crippen molar-refractivity contribution < 1.29 is 0 Å². The van der Waals surface area contributed by atoms with E-state index in [9.17, 15) is 0 Å². The molecule has 66 heavy (non-hydrogen) atoms. The van der Waals surface area contributed by atoms with Gasteiger partial charge in [-0.25, -0.2) is 0 Å². The second kappa shape index (κ2) is 15.3. The molecule has 0 saturated heterocycles. The SMILES string of the molecule is c1ccc(C2(c3ccccc3)c3ccccc3-c3c(N(c4ccc(-c5ccc6c7ccccc7c7ccccc7c6c5)cc4)c4cccc(-c5ccc6ccccc6c5)c4)cccc32)cc1. The molecule has 1 aliphatic carbocycles. The van der Waals surface area contributed by atoms with Crippen LogP contribution < -0.4 is 4.90 Å². The molecule has 0 atom stereocenters. The summed E-state index contributed by atoms with van der Waals surface area (Å²) >= 11 is 0. The molecule has 1 nitrogen and oxygen atoms in total. The number of hydrogen-bond donors (Lipinski definition) is 0. The Labute approximate surface area is 385 Å². The summed E-state index contributed by atoms with van der Waals surface area (Å²) in [5, 5.41) is 10.2. The molecule has 0 unspecified atom stereocenters. The van der Waals surface area contributed by atoms with Crippen LogP contribution in [-0.2, 0) is 5.41 Å². The summed E-state index contributed by atoms with van der Waals surface area (Å²) in [5.74, 6) is 0. The average molecular weight is 838 g/mol. The van der Waals surface area contributed by atoms with Gasteiger partial charge in [-0.05, 0) is 136 Å². The van der Waals surface area contributed by atoms with Crippen molar-refractivity contribution in [2.45, 2.75) is 5.41 Å². The Bertz CT molecular complexity index is 3740. The first kappa shape index (κ1) is 38.0. The molecule has 12 aromatic carbocycles. The lowest BCUT2D eigenvalue weighted by atomic mass is 9.68. The molecule has 0 spiro atoms. The zero-order valence-electron chi connectivity index (χ0n) is 36.3. The van der Waals surface area contributed by atoms with Crippen molar-refractivity contribution in [1.29, 1.82) is 0 Å². The highest BCUT2D eigenvalue weighted by Crippen LogP contribution is 2.59. The van der Waals surface area contributed by atoms with Crippen molar-refractivity contribution in [2.75, 3.05) is 4.90 Å². The number of rotatable bonds is 7. The summed E-state index contributed by atoms with van der Waals surface area (Å²) in [6.07, 6.45) is 0. The first-order valence-electron chi connectivity index (χ1n) is 22.9. The Hall–Kier alpha value is -8.52. The van der Waals surface area contributed by atoms with Gasteiger partial charge in [-0.15, -0.1) is 0 Å². The zero-order valence-corrected chi connectivity index (χ0v) is 36.3. The first-order valence-corrected chi connectivity index (χ1v) is 22.9. The van der Waals surface area contributed by atoms with Gasteiger partial charge in [-0.3, -0.25) is 0 Å². The Morgan fingerprint density at radius 1 is 0.273 bits per heavy atom. The summed E-state index contributed by atoms with van der Waals surface area (Å²) in [4.78, 5) is 2.48. The van der Waals surface area contributed by atoms with E-state index in [1.807, 2.05) is 0 Å². The fourth-order valence-electron chi connectivity index (χ4n) is 11.2. The molecule has 1 aliphatic rings. The van der Waals surface area contributed by atoms with Crippen LogP contribution in [0.2, 0.25) is 0 Å². The van der Waals surface area contributed by atoms with E-state index in [0.717, 1.165) is 17.1 Å². The molecule has 0 bridgehead atoms. The topological polar surface area (TPSA) is 3.24 Å². The van der Waals surface area contributed by atoms with Gasteiger partial charge in [-0.1, -0.05) is 218 Å². The van der Waals surface area contributed by atoms with Gasteiger partial charge in [0.15, 0.2) is 0 Å². The maximum absolute atomic E-state index is 2.48. The second-order valence-electron chi connectivity index (χ2n) is 17.6. The smallest absolute Gasteiger partial charge is 0.0714 e. The van der Waals surface area contributed by atoms with E-state index >= 15 is 0 Å². The van der Waals surface area contributed by atoms with E-state index < -0.39 is 5.41 Å². The van der Waals surface area contributed by atoms with Gasteiger partial charge in [0.25, 0.3) is 0 Å². The highest BCUT2D eigenvalue weighted by molar-refractivity contribution is 6.25. The maximum atomic E-state index is 2.48. The van der Waals surface area contributed by atoms with Gasteiger partial charge in [0, 0.05) is 16.9 Å². The highest BCUT2D eigenvalue weighted by atomic mass is 15.1. The minimum absolute atomic E-state index is 0.515. The van der Waals surface area contributed by atoms with Crippen LogP contribution in [0.1, 0.15) is 22.3 Å². The Morgan fingerprint density at radius 3 is 1.50 bits per heavy atom. The zero-order chi connectivity index (χ0) is 43.6. The molecule has 308 valence electrons. The Kier molecular flexibility index (Phi) is 8.82. The van der Waals surface area contributed by atoms with Crippen molar-refractivity contribution in [3.8, 4) is 33.4 Å². The van der Waals surface area contributed by atoms with Crippen LogP contribution in [0.5, 0.6) is 0 Å². The van der Waals surface area contributed by atoms with Gasteiger partial charge in [0.05, 0.1) is 11.1 Å². The molecule has 0 fully saturated rings. The minimum Gasteiger partial charge on any atom is -0.310 e. The summed E-state index contributed by atoms with van der Waals surface area (Å²) in [7, 11) is 0. The molecule has 0 amide bonds. The minimum atomic E-state index is -0.515. The van der Waals surface area contributed by atoms with Crippen LogP contribution in [0.25, 0.3) is 76.5 Å². The van der Waals surface area contributed by atoms with E-state index in [4.69, 9.17) is 0 Å². The fourth-order valence-corrected chi connectivity index (χ4v) is 11.2. The summed E-state index contributed by atoms with van der Waals surface area (Å²) in [5.41, 5.74) is 15.1. The third-order valence-electron chi connectivity index (χ3n) is 14.1. The first-order chi connectivity index (χ1) is 32.7. The molecule has 0 aliphatic heterocycles. The number of fused-ring (bicyclic) bond motifs is 10. The van der Waals surface area contributed by atoms with Gasteiger partial charge in [0.2, 0.25) is 0 Å². The van der Waals surface area contributed by atoms with E-state index in [1.54, 1.807) is 0 Å². The molecule has 0 heterocycles. The van der Waals surface area contributed by atoms with Crippen LogP contribution in [-0.4, -0.2) is 0 Å². The van der Waals surface area contributed by atoms with E-state index in [2.05, 4.69) is 266 Å². The van der Waals surface area contributed by atoms with Crippen LogP contribution >= 0.6 is 0 Å². The van der Waals surface area contributed by atoms with Gasteiger partial charge < -0.3 is 4.90 Å². The summed E-state index contributed by atoms with van der Waals surface area (Å²) in [6, 6.07) is 96.5. The lowest BCUT2D eigenvalue weighted by Gasteiger charge is -2.34. The van der Waals surface area contributed by atoms with Crippen LogP contribution in [0.3, 0.4) is 0 Å². The van der Waals surface area contributed by atoms with E-state index in [-0.39, 0.29) is 0 Å². The normalized spacial score (nSPS) is 12.7. The molecule has 13 rings (SSSR count). The molecule has 1 heteroatoms. The van der Waals surface area contributed by atoms with Gasteiger partial charge in [0.1, 0.15) is 0 Å². The van der Waals surface area contributed by atoms with Crippen molar-refractivity contribution in [3.05, 3.63) is 283 Å². The Balaban J connectivity index is 1.02. The predicted octanol–water partition coefficient (Wildman–Crippen LogP) is 17.5. The summed E-state index contributed by atoms with van der Waals surface area (Å²) < 4.78 is 0. The van der Waals surface area contributed by atoms with Crippen LogP contribution in [0.15, 0.2) is 261 Å². The van der Waals surface area contributed by atoms with Crippen LogP contribution in [0, 0.1) is 0 Å². The average Bonchev–Trinajstić information content (AvgIpc) is 3.71. The van der Waals surface area contributed by atoms with Gasteiger partial charge >= 0.3 is 0 Å². The Morgan fingerprint density at radius 2 is 0.788 bits per heavy atom. The van der Waals surface area contributed by atoms with Crippen molar-refractivity contribution in [3.63, 3.8) is 0 Å². The third-order valence-corrected chi connectivity index (χ3v) is 14.1. The molecule has 0 saturated carbocycles. The fraction of sp³-hybridized carbons (Fsp3) is 0.0154. The van der Waals surface area contributed by atoms with E-state index in [0.29, 0.717) is 0 Å². The molecular formula is C65H43N. The lowest BCUT2D eigenvalue weighted by Crippen LogP contribution is -2.28. The van der Waals surface area contributed by atoms with Crippen molar-refractivity contribution in [1.82, 2.24) is 0 Å². The van der Waals surface area contributed by atoms with Crippen molar-refractivity contribution in [2.24, 2.45) is 0 Å². The number of hydrogen-bond acceptors (Lipinski definition) is 1. The molecule has 0 aromatic heterocycles. The second-order valence-corrected chi connectivity index (χ2v) is 17.6. The molecule has 0 radical (unpaired) electrons. The van der Waals surface area contributed by atoms with Gasteiger partial charge in [-0.2, -0.15) is 0 Å². The lowest BCUT2D eigenvalue weighted by molar-refractivity contribution is 0.768. The monoisotopic (exact) mass is 837 g/mol. The molecular weight excluding hydrogens is 795 g/mol. The van der Waals surface area contributed by atoms with Crippen molar-refractivity contribution >= 4 is 60.2 Å². The summed E-state index contributed by atoms with van der Waals surface area (Å²) in [6.45, 7) is 0. The third kappa shape index (κ3) is 5.87. The maximum Gasteiger partial charge on any atom is 0.0714 e. The predicted molar refractivity (Wildman–Crippen MR) is 279 cm³/mol. The largest absolute Gasteiger partial charge is 0.310 e.